The van der Waals surface area contributed by atoms with Crippen molar-refractivity contribution in [1.29, 1.82) is 0 Å². The molecule has 0 aliphatic heterocycles. The van der Waals surface area contributed by atoms with E-state index in [0.29, 0.717) is 24.5 Å². The van der Waals surface area contributed by atoms with Crippen LogP contribution < -0.4 is 20.1 Å². The van der Waals surface area contributed by atoms with Crippen LogP contribution in [0, 0.1) is 13.8 Å². The number of aryl methyl sites for hydroxylation is 2. The molecule has 6 heteroatoms. The van der Waals surface area contributed by atoms with E-state index >= 15 is 0 Å². The fourth-order valence-electron chi connectivity index (χ4n) is 2.24. The molecule has 2 N–H and O–H groups in total. The topological polar surface area (TPSA) is 76.7 Å². The van der Waals surface area contributed by atoms with E-state index in [0.717, 1.165) is 16.9 Å². The van der Waals surface area contributed by atoms with Crippen LogP contribution in [-0.2, 0) is 4.79 Å². The van der Waals surface area contributed by atoms with Gasteiger partial charge in [-0.3, -0.25) is 9.59 Å². The summed E-state index contributed by atoms with van der Waals surface area (Å²) in [6.45, 7) is 4.54. The SMILES string of the molecule is COc1ccc(OCCNC(=O)CNC(=O)c2ccc(C)c(C)c2)cc1. The molecule has 0 fully saturated rings. The first-order valence-corrected chi connectivity index (χ1v) is 8.38. The number of ether oxygens (including phenoxy) is 2. The van der Waals surface area contributed by atoms with Gasteiger partial charge in [0.2, 0.25) is 5.91 Å². The highest BCUT2D eigenvalue weighted by molar-refractivity contribution is 5.96. The van der Waals surface area contributed by atoms with Crippen LogP contribution >= 0.6 is 0 Å². The minimum Gasteiger partial charge on any atom is -0.497 e. The zero-order valence-corrected chi connectivity index (χ0v) is 15.3. The maximum absolute atomic E-state index is 12.1. The average molecular weight is 356 g/mol. The zero-order chi connectivity index (χ0) is 18.9. The van der Waals surface area contributed by atoms with Crippen LogP contribution in [0.1, 0.15) is 21.5 Å². The normalized spacial score (nSPS) is 10.1. The van der Waals surface area contributed by atoms with Crippen molar-refractivity contribution in [3.05, 3.63) is 59.2 Å². The number of carbonyl (C=O) groups excluding carboxylic acids is 2. The number of benzene rings is 2. The number of hydrogen-bond acceptors (Lipinski definition) is 4. The summed E-state index contributed by atoms with van der Waals surface area (Å²) in [6.07, 6.45) is 0. The van der Waals surface area contributed by atoms with Gasteiger partial charge in [-0.1, -0.05) is 6.07 Å². The fourth-order valence-corrected chi connectivity index (χ4v) is 2.24. The molecule has 0 aliphatic rings. The van der Waals surface area contributed by atoms with Crippen LogP contribution in [0.4, 0.5) is 0 Å². The Morgan fingerprint density at radius 3 is 2.27 bits per heavy atom. The molecule has 0 bridgehead atoms. The van der Waals surface area contributed by atoms with Crippen LogP contribution in [0.25, 0.3) is 0 Å². The van der Waals surface area contributed by atoms with E-state index in [2.05, 4.69) is 10.6 Å². The third-order valence-electron chi connectivity index (χ3n) is 3.93. The summed E-state index contributed by atoms with van der Waals surface area (Å²) in [5.74, 6) is 0.923. The molecule has 138 valence electrons. The van der Waals surface area contributed by atoms with Gasteiger partial charge in [-0.15, -0.1) is 0 Å². The standard InChI is InChI=1S/C20H24N2O4/c1-14-4-5-16(12-15(14)2)20(24)22-13-19(23)21-10-11-26-18-8-6-17(25-3)7-9-18/h4-9,12H,10-11,13H2,1-3H3,(H,21,23)(H,22,24). The van der Waals surface area contributed by atoms with Crippen molar-refractivity contribution in [2.75, 3.05) is 26.8 Å². The number of hydrogen-bond donors (Lipinski definition) is 2. The van der Waals surface area contributed by atoms with Crippen molar-refractivity contribution >= 4 is 11.8 Å². The number of rotatable bonds is 8. The molecule has 2 amide bonds. The Bertz CT molecular complexity index is 757. The van der Waals surface area contributed by atoms with E-state index in [-0.39, 0.29) is 18.4 Å². The van der Waals surface area contributed by atoms with Gasteiger partial charge in [-0.2, -0.15) is 0 Å². The van der Waals surface area contributed by atoms with Gasteiger partial charge in [0, 0.05) is 5.56 Å². The number of amides is 2. The molecular weight excluding hydrogens is 332 g/mol. The quantitative estimate of drug-likeness (QED) is 0.711. The van der Waals surface area contributed by atoms with E-state index < -0.39 is 0 Å². The second-order valence-corrected chi connectivity index (χ2v) is 5.86. The molecule has 0 saturated carbocycles. The monoisotopic (exact) mass is 356 g/mol. The molecule has 2 rings (SSSR count). The summed E-state index contributed by atoms with van der Waals surface area (Å²) >= 11 is 0. The second-order valence-electron chi connectivity index (χ2n) is 5.86. The minimum absolute atomic E-state index is 0.0751. The maximum Gasteiger partial charge on any atom is 0.251 e. The zero-order valence-electron chi connectivity index (χ0n) is 15.3. The molecule has 2 aromatic carbocycles. The first kappa shape index (κ1) is 19.3. The summed E-state index contributed by atoms with van der Waals surface area (Å²) in [7, 11) is 1.60. The third-order valence-corrected chi connectivity index (χ3v) is 3.93. The van der Waals surface area contributed by atoms with Crippen LogP contribution in [0.2, 0.25) is 0 Å². The Morgan fingerprint density at radius 2 is 1.62 bits per heavy atom. The number of nitrogens with one attached hydrogen (secondary N) is 2. The molecule has 0 spiro atoms. The summed E-state index contributed by atoms with van der Waals surface area (Å²) in [6, 6.07) is 12.6. The Kier molecular flexibility index (Phi) is 7.02. The smallest absolute Gasteiger partial charge is 0.251 e. The summed E-state index contributed by atoms with van der Waals surface area (Å²) in [5.41, 5.74) is 2.71. The van der Waals surface area contributed by atoms with E-state index in [9.17, 15) is 9.59 Å². The van der Waals surface area contributed by atoms with Gasteiger partial charge in [0.05, 0.1) is 20.2 Å². The lowest BCUT2D eigenvalue weighted by Gasteiger charge is -2.09. The van der Waals surface area contributed by atoms with Crippen LogP contribution in [0.5, 0.6) is 11.5 Å². The molecule has 0 aliphatic carbocycles. The fraction of sp³-hybridized carbons (Fsp3) is 0.300. The summed E-state index contributed by atoms with van der Waals surface area (Å²) in [5, 5.41) is 5.31. The van der Waals surface area contributed by atoms with E-state index in [1.165, 1.54) is 0 Å². The molecule has 0 aromatic heterocycles. The van der Waals surface area contributed by atoms with Gasteiger partial charge in [0.1, 0.15) is 18.1 Å². The molecule has 0 heterocycles. The predicted molar refractivity (Wildman–Crippen MR) is 99.7 cm³/mol. The molecule has 0 radical (unpaired) electrons. The van der Waals surface area contributed by atoms with Crippen molar-refractivity contribution in [1.82, 2.24) is 10.6 Å². The highest BCUT2D eigenvalue weighted by Crippen LogP contribution is 2.16. The molecule has 26 heavy (non-hydrogen) atoms. The lowest BCUT2D eigenvalue weighted by Crippen LogP contribution is -2.38. The van der Waals surface area contributed by atoms with Gasteiger partial charge in [-0.05, 0) is 61.4 Å². The van der Waals surface area contributed by atoms with Crippen molar-refractivity contribution in [2.24, 2.45) is 0 Å². The van der Waals surface area contributed by atoms with Gasteiger partial charge < -0.3 is 20.1 Å². The molecule has 0 saturated heterocycles. The molecule has 0 atom stereocenters. The van der Waals surface area contributed by atoms with Gasteiger partial charge in [0.25, 0.3) is 5.91 Å². The summed E-state index contributed by atoms with van der Waals surface area (Å²) < 4.78 is 10.6. The second kappa shape index (κ2) is 9.46. The van der Waals surface area contributed by atoms with Crippen molar-refractivity contribution in [2.45, 2.75) is 13.8 Å². The van der Waals surface area contributed by atoms with Crippen molar-refractivity contribution in [3.8, 4) is 11.5 Å². The molecule has 0 unspecified atom stereocenters. The van der Waals surface area contributed by atoms with Crippen LogP contribution in [0.3, 0.4) is 0 Å². The van der Waals surface area contributed by atoms with Crippen LogP contribution in [-0.4, -0.2) is 38.6 Å². The minimum atomic E-state index is -0.266. The predicted octanol–water partition coefficient (Wildman–Crippen LogP) is 2.24. The number of carbonyl (C=O) groups is 2. The molecule has 6 nitrogen and oxygen atoms in total. The van der Waals surface area contributed by atoms with E-state index in [4.69, 9.17) is 9.47 Å². The van der Waals surface area contributed by atoms with Crippen molar-refractivity contribution < 1.29 is 19.1 Å². The maximum atomic E-state index is 12.1. The lowest BCUT2D eigenvalue weighted by molar-refractivity contribution is -0.120. The van der Waals surface area contributed by atoms with Crippen molar-refractivity contribution in [3.63, 3.8) is 0 Å². The highest BCUT2D eigenvalue weighted by atomic mass is 16.5. The highest BCUT2D eigenvalue weighted by Gasteiger charge is 2.08. The Morgan fingerprint density at radius 1 is 0.923 bits per heavy atom. The molecular formula is C20H24N2O4. The van der Waals surface area contributed by atoms with Crippen LogP contribution in [0.15, 0.2) is 42.5 Å². The average Bonchev–Trinajstić information content (AvgIpc) is 2.66. The lowest BCUT2D eigenvalue weighted by atomic mass is 10.1. The third kappa shape index (κ3) is 5.81. The van der Waals surface area contributed by atoms with Gasteiger partial charge >= 0.3 is 0 Å². The van der Waals surface area contributed by atoms with E-state index in [1.54, 1.807) is 37.4 Å². The molecule has 2 aromatic rings. The van der Waals surface area contributed by atoms with Gasteiger partial charge in [0.15, 0.2) is 0 Å². The Labute approximate surface area is 153 Å². The Balaban J connectivity index is 1.66. The summed E-state index contributed by atoms with van der Waals surface area (Å²) in [4.78, 5) is 23.9. The first-order valence-electron chi connectivity index (χ1n) is 8.38. The number of methoxy groups -OCH3 is 1. The Hall–Kier alpha value is -3.02. The largest absolute Gasteiger partial charge is 0.497 e. The van der Waals surface area contributed by atoms with Gasteiger partial charge in [-0.25, -0.2) is 0 Å². The first-order chi connectivity index (χ1) is 12.5. The van der Waals surface area contributed by atoms with E-state index in [1.807, 2.05) is 26.0 Å².